The fourth-order valence-electron chi connectivity index (χ4n) is 2.03. The van der Waals surface area contributed by atoms with Crippen LogP contribution >= 0.6 is 10.7 Å². The van der Waals surface area contributed by atoms with Gasteiger partial charge in [-0.15, -0.1) is 0 Å². The molecule has 1 aromatic carbocycles. The molecule has 1 aliphatic heterocycles. The van der Waals surface area contributed by atoms with Crippen LogP contribution in [0.5, 0.6) is 5.75 Å². The molecule has 0 radical (unpaired) electrons. The van der Waals surface area contributed by atoms with Crippen molar-refractivity contribution in [2.75, 3.05) is 24.6 Å². The van der Waals surface area contributed by atoms with Crippen molar-refractivity contribution >= 4 is 25.4 Å². The lowest BCUT2D eigenvalue weighted by Crippen LogP contribution is -2.35. The number of fused-ring (bicyclic) bond motifs is 1. The Morgan fingerprint density at radius 2 is 2.17 bits per heavy atom. The van der Waals surface area contributed by atoms with Crippen LogP contribution in [-0.4, -0.2) is 28.1 Å². The summed E-state index contributed by atoms with van der Waals surface area (Å²) in [5, 5.41) is 0. The van der Waals surface area contributed by atoms with Crippen molar-refractivity contribution < 1.29 is 13.2 Å². The van der Waals surface area contributed by atoms with Gasteiger partial charge in [-0.05, 0) is 24.1 Å². The van der Waals surface area contributed by atoms with E-state index in [1.807, 2.05) is 0 Å². The van der Waals surface area contributed by atoms with E-state index in [9.17, 15) is 8.42 Å². The van der Waals surface area contributed by atoms with Gasteiger partial charge in [0.25, 0.3) is 9.05 Å². The Labute approximate surface area is 112 Å². The predicted octanol–water partition coefficient (Wildman–Crippen LogP) is 2.47. The molecule has 0 unspecified atom stereocenters. The summed E-state index contributed by atoms with van der Waals surface area (Å²) in [6.07, 6.45) is 0. The summed E-state index contributed by atoms with van der Waals surface area (Å²) in [6, 6.07) is 4.72. The van der Waals surface area contributed by atoms with Crippen molar-refractivity contribution in [1.82, 2.24) is 0 Å². The van der Waals surface area contributed by atoms with E-state index >= 15 is 0 Å². The van der Waals surface area contributed by atoms with Crippen molar-refractivity contribution in [3.8, 4) is 5.75 Å². The van der Waals surface area contributed by atoms with Gasteiger partial charge in [-0.25, -0.2) is 8.42 Å². The minimum atomic E-state index is -3.70. The highest BCUT2D eigenvalue weighted by Gasteiger charge is 2.21. The van der Waals surface area contributed by atoms with Crippen LogP contribution in [0.3, 0.4) is 0 Å². The SMILES string of the molecule is CC(C)CN1CCOc2ccc(S(=O)(=O)Cl)cc21. The maximum atomic E-state index is 11.4. The number of ether oxygens (including phenoxy) is 1. The largest absolute Gasteiger partial charge is 0.490 e. The van der Waals surface area contributed by atoms with E-state index in [4.69, 9.17) is 15.4 Å². The molecule has 0 N–H and O–H groups in total. The minimum Gasteiger partial charge on any atom is -0.490 e. The number of hydrogen-bond donors (Lipinski definition) is 0. The first-order chi connectivity index (χ1) is 8.38. The third-order valence-electron chi connectivity index (χ3n) is 2.76. The second kappa shape index (κ2) is 4.97. The molecule has 0 aliphatic carbocycles. The Kier molecular flexibility index (Phi) is 3.73. The van der Waals surface area contributed by atoms with Crippen LogP contribution in [-0.2, 0) is 9.05 Å². The van der Waals surface area contributed by atoms with Crippen LogP contribution in [0, 0.1) is 5.92 Å². The molecule has 2 rings (SSSR count). The second-order valence-corrected chi connectivity index (χ2v) is 7.32. The van der Waals surface area contributed by atoms with Crippen LogP contribution in [0.2, 0.25) is 0 Å². The van der Waals surface area contributed by atoms with E-state index in [0.717, 1.165) is 18.8 Å². The number of nitrogens with zero attached hydrogens (tertiary/aromatic N) is 1. The summed E-state index contributed by atoms with van der Waals surface area (Å²) in [5.74, 6) is 1.21. The maximum absolute atomic E-state index is 11.4. The van der Waals surface area contributed by atoms with Crippen LogP contribution in [0.25, 0.3) is 0 Å². The lowest BCUT2D eigenvalue weighted by atomic mass is 10.1. The summed E-state index contributed by atoms with van der Waals surface area (Å²) in [4.78, 5) is 2.25. The Bertz CT molecular complexity index is 542. The van der Waals surface area contributed by atoms with Gasteiger partial charge >= 0.3 is 0 Å². The number of anilines is 1. The molecular weight excluding hydrogens is 274 g/mol. The molecule has 0 atom stereocenters. The summed E-state index contributed by atoms with van der Waals surface area (Å²) in [7, 11) is 1.67. The van der Waals surface area contributed by atoms with Crippen LogP contribution < -0.4 is 9.64 Å². The zero-order valence-electron chi connectivity index (χ0n) is 10.4. The van der Waals surface area contributed by atoms with Crippen molar-refractivity contribution in [3.05, 3.63) is 18.2 Å². The van der Waals surface area contributed by atoms with Crippen LogP contribution in [0.4, 0.5) is 5.69 Å². The van der Waals surface area contributed by atoms with Crippen molar-refractivity contribution in [2.24, 2.45) is 5.92 Å². The standard InChI is InChI=1S/C12H16ClNO3S/c1-9(2)8-14-5-6-17-12-4-3-10(7-11(12)14)18(13,15)16/h3-4,7,9H,5-6,8H2,1-2H3. The summed E-state index contributed by atoms with van der Waals surface area (Å²) in [6.45, 7) is 6.49. The summed E-state index contributed by atoms with van der Waals surface area (Å²) >= 11 is 0. The van der Waals surface area contributed by atoms with Gasteiger partial charge in [-0.2, -0.15) is 0 Å². The molecular formula is C12H16ClNO3S. The maximum Gasteiger partial charge on any atom is 0.261 e. The highest BCUT2D eigenvalue weighted by atomic mass is 35.7. The quantitative estimate of drug-likeness (QED) is 0.802. The smallest absolute Gasteiger partial charge is 0.261 e. The highest BCUT2D eigenvalue weighted by Crippen LogP contribution is 2.34. The second-order valence-electron chi connectivity index (χ2n) is 4.76. The van der Waals surface area contributed by atoms with Crippen molar-refractivity contribution in [1.29, 1.82) is 0 Å². The van der Waals surface area contributed by atoms with Gasteiger partial charge in [0.05, 0.1) is 17.1 Å². The zero-order chi connectivity index (χ0) is 13.3. The average Bonchev–Trinajstić information content (AvgIpc) is 2.27. The number of benzene rings is 1. The first-order valence-electron chi connectivity index (χ1n) is 5.84. The molecule has 1 aromatic rings. The summed E-state index contributed by atoms with van der Waals surface area (Å²) < 4.78 is 28.2. The molecule has 1 heterocycles. The number of rotatable bonds is 3. The average molecular weight is 290 g/mol. The van der Waals surface area contributed by atoms with Crippen LogP contribution in [0.1, 0.15) is 13.8 Å². The molecule has 6 heteroatoms. The molecule has 18 heavy (non-hydrogen) atoms. The molecule has 0 spiro atoms. The Morgan fingerprint density at radius 3 is 2.78 bits per heavy atom. The van der Waals surface area contributed by atoms with Crippen LogP contribution in [0.15, 0.2) is 23.1 Å². The Balaban J connectivity index is 2.41. The Hall–Kier alpha value is -0.940. The lowest BCUT2D eigenvalue weighted by molar-refractivity contribution is 0.304. The lowest BCUT2D eigenvalue weighted by Gasteiger charge is -2.32. The molecule has 0 aromatic heterocycles. The van der Waals surface area contributed by atoms with E-state index in [0.29, 0.717) is 18.3 Å². The Morgan fingerprint density at radius 1 is 1.44 bits per heavy atom. The molecule has 100 valence electrons. The molecule has 4 nitrogen and oxygen atoms in total. The first-order valence-corrected chi connectivity index (χ1v) is 8.15. The third-order valence-corrected chi connectivity index (χ3v) is 4.11. The van der Waals surface area contributed by atoms with Gasteiger partial charge < -0.3 is 9.64 Å². The molecule has 0 saturated heterocycles. The van der Waals surface area contributed by atoms with Crippen molar-refractivity contribution in [3.63, 3.8) is 0 Å². The molecule has 0 fully saturated rings. The zero-order valence-corrected chi connectivity index (χ0v) is 12.0. The molecule has 1 aliphatic rings. The van der Waals surface area contributed by atoms with E-state index in [1.165, 1.54) is 6.07 Å². The van der Waals surface area contributed by atoms with Gasteiger partial charge in [0.15, 0.2) is 0 Å². The van der Waals surface area contributed by atoms with E-state index in [1.54, 1.807) is 12.1 Å². The van der Waals surface area contributed by atoms with Gasteiger partial charge in [0.2, 0.25) is 0 Å². The van der Waals surface area contributed by atoms with Gasteiger partial charge in [0.1, 0.15) is 12.4 Å². The van der Waals surface area contributed by atoms with E-state index in [-0.39, 0.29) is 4.90 Å². The molecule has 0 saturated carbocycles. The van der Waals surface area contributed by atoms with Gasteiger partial charge in [-0.3, -0.25) is 0 Å². The van der Waals surface area contributed by atoms with Gasteiger partial charge in [0, 0.05) is 17.2 Å². The minimum absolute atomic E-state index is 0.113. The molecule has 0 amide bonds. The van der Waals surface area contributed by atoms with Crippen molar-refractivity contribution in [2.45, 2.75) is 18.7 Å². The number of halogens is 1. The van der Waals surface area contributed by atoms with E-state index in [2.05, 4.69) is 18.7 Å². The highest BCUT2D eigenvalue weighted by molar-refractivity contribution is 8.13. The third kappa shape index (κ3) is 2.90. The topological polar surface area (TPSA) is 46.6 Å². The predicted molar refractivity (Wildman–Crippen MR) is 72.0 cm³/mol. The number of hydrogen-bond acceptors (Lipinski definition) is 4. The monoisotopic (exact) mass is 289 g/mol. The first kappa shape index (κ1) is 13.5. The van der Waals surface area contributed by atoms with Gasteiger partial charge in [-0.1, -0.05) is 13.8 Å². The summed E-state index contributed by atoms with van der Waals surface area (Å²) in [5.41, 5.74) is 0.802. The fraction of sp³-hybridized carbons (Fsp3) is 0.500. The normalized spacial score (nSPS) is 15.4. The van der Waals surface area contributed by atoms with E-state index < -0.39 is 9.05 Å². The molecule has 0 bridgehead atoms. The fourth-order valence-corrected chi connectivity index (χ4v) is 2.81.